The largest absolute Gasteiger partial charge is 0.472 e. The second-order valence-corrected chi connectivity index (χ2v) is 7.75. The van der Waals surface area contributed by atoms with Crippen LogP contribution in [0.25, 0.3) is 5.69 Å². The summed E-state index contributed by atoms with van der Waals surface area (Å²) in [5.74, 6) is 0.364. The molecule has 31 heavy (non-hydrogen) atoms. The molecule has 0 spiro atoms. The number of fused-ring (bicyclic) bond motifs is 2. The Morgan fingerprint density at radius 1 is 1.06 bits per heavy atom. The van der Waals surface area contributed by atoms with Gasteiger partial charge in [0.15, 0.2) is 5.69 Å². The highest BCUT2D eigenvalue weighted by molar-refractivity contribution is 5.40. The summed E-state index contributed by atoms with van der Waals surface area (Å²) in [7, 11) is 0. The molecule has 0 amide bonds. The lowest BCUT2D eigenvalue weighted by atomic mass is 10.0. The van der Waals surface area contributed by atoms with E-state index in [0.29, 0.717) is 29.9 Å². The quantitative estimate of drug-likeness (QED) is 0.663. The van der Waals surface area contributed by atoms with Crippen molar-refractivity contribution in [3.05, 3.63) is 60.3 Å². The van der Waals surface area contributed by atoms with Crippen molar-refractivity contribution in [3.63, 3.8) is 0 Å². The fourth-order valence-electron chi connectivity index (χ4n) is 4.50. The van der Waals surface area contributed by atoms with Gasteiger partial charge in [0.05, 0.1) is 30.5 Å². The van der Waals surface area contributed by atoms with Crippen LogP contribution >= 0.6 is 0 Å². The third-order valence-corrected chi connectivity index (χ3v) is 5.82. The smallest absolute Gasteiger partial charge is 0.434 e. The molecule has 5 rings (SSSR count). The number of alkyl halides is 3. The number of aliphatic hydroxyl groups excluding tert-OH is 1. The van der Waals surface area contributed by atoms with E-state index in [0.717, 1.165) is 19.0 Å². The van der Waals surface area contributed by atoms with Gasteiger partial charge in [-0.3, -0.25) is 4.90 Å². The Labute approximate surface area is 175 Å². The van der Waals surface area contributed by atoms with Gasteiger partial charge in [0.25, 0.3) is 0 Å². The van der Waals surface area contributed by atoms with E-state index in [1.54, 1.807) is 12.4 Å². The minimum Gasteiger partial charge on any atom is -0.472 e. The summed E-state index contributed by atoms with van der Waals surface area (Å²) in [5.41, 5.74) is 0.279. The summed E-state index contributed by atoms with van der Waals surface area (Å²) in [6.45, 7) is 0.700. The van der Waals surface area contributed by atoms with Crippen molar-refractivity contribution < 1.29 is 23.0 Å². The summed E-state index contributed by atoms with van der Waals surface area (Å²) in [5, 5.41) is 19.5. The molecule has 2 aliphatic rings. The fourth-order valence-corrected chi connectivity index (χ4v) is 4.50. The lowest BCUT2D eigenvalue weighted by molar-refractivity contribution is -0.141. The van der Waals surface area contributed by atoms with Gasteiger partial charge in [-0.15, -0.1) is 0 Å². The number of ether oxygens (including phenoxy) is 1. The van der Waals surface area contributed by atoms with E-state index in [-0.39, 0.29) is 18.0 Å². The first-order chi connectivity index (χ1) is 14.9. The van der Waals surface area contributed by atoms with Gasteiger partial charge in [-0.1, -0.05) is 18.2 Å². The second kappa shape index (κ2) is 7.57. The van der Waals surface area contributed by atoms with Crippen molar-refractivity contribution >= 4 is 0 Å². The number of hydrogen-bond donors (Lipinski definition) is 1. The third kappa shape index (κ3) is 3.74. The van der Waals surface area contributed by atoms with Crippen molar-refractivity contribution in [1.82, 2.24) is 29.9 Å². The van der Waals surface area contributed by atoms with Crippen LogP contribution in [0.5, 0.6) is 5.88 Å². The minimum atomic E-state index is -4.55. The summed E-state index contributed by atoms with van der Waals surface area (Å²) >= 11 is 0. The van der Waals surface area contributed by atoms with Crippen molar-refractivity contribution in [2.45, 2.75) is 37.4 Å². The first-order valence-electron chi connectivity index (χ1n) is 9.85. The number of likely N-dealkylation sites (tertiary alicyclic amines) is 1. The average molecular weight is 432 g/mol. The number of nitrogens with zero attached hydrogens (tertiary/aromatic N) is 6. The molecule has 1 aliphatic carbocycles. The first-order valence-corrected chi connectivity index (χ1v) is 9.85. The van der Waals surface area contributed by atoms with E-state index in [1.165, 1.54) is 4.80 Å². The van der Waals surface area contributed by atoms with Gasteiger partial charge in [-0.05, 0) is 24.8 Å². The van der Waals surface area contributed by atoms with E-state index in [4.69, 9.17) is 4.74 Å². The summed E-state index contributed by atoms with van der Waals surface area (Å²) in [6.07, 6.45) is 0.631. The Morgan fingerprint density at radius 2 is 1.84 bits per heavy atom. The van der Waals surface area contributed by atoms with Gasteiger partial charge in [-0.2, -0.15) is 28.2 Å². The molecule has 2 aromatic heterocycles. The van der Waals surface area contributed by atoms with Crippen LogP contribution in [-0.2, 0) is 6.18 Å². The van der Waals surface area contributed by atoms with Crippen molar-refractivity contribution in [1.29, 1.82) is 0 Å². The standard InChI is InChI=1S/C20H19F3N6O2/c21-20(22,23)17-9-25-18(10-24-17)31-16-8-12-7-15(16)28(11-12)19(30)13-3-1-2-4-14(13)29-26-5-6-27-29/h1-6,9-10,12,15-16,19,30H,7-8,11H2. The molecule has 11 heteroatoms. The highest BCUT2D eigenvalue weighted by Crippen LogP contribution is 2.43. The van der Waals surface area contributed by atoms with Gasteiger partial charge in [-0.25, -0.2) is 9.97 Å². The number of aliphatic hydroxyl groups is 1. The molecule has 3 heterocycles. The van der Waals surface area contributed by atoms with Gasteiger partial charge in [0.2, 0.25) is 5.88 Å². The van der Waals surface area contributed by atoms with Crippen molar-refractivity contribution in [2.24, 2.45) is 5.92 Å². The molecule has 4 atom stereocenters. The molecule has 1 saturated heterocycles. The van der Waals surface area contributed by atoms with Crippen LogP contribution in [0.1, 0.15) is 30.3 Å². The number of benzene rings is 1. The SMILES string of the molecule is OC(c1ccccc1-n1nccn1)N1CC2CC(Oc3cnc(C(F)(F)F)cn3)C1C2. The van der Waals surface area contributed by atoms with Crippen molar-refractivity contribution in [3.8, 4) is 11.6 Å². The maximum atomic E-state index is 12.7. The molecule has 162 valence electrons. The second-order valence-electron chi connectivity index (χ2n) is 7.75. The number of halogens is 3. The van der Waals surface area contributed by atoms with E-state index in [2.05, 4.69) is 20.2 Å². The van der Waals surface area contributed by atoms with Gasteiger partial charge < -0.3 is 9.84 Å². The summed E-state index contributed by atoms with van der Waals surface area (Å²) in [4.78, 5) is 10.6. The third-order valence-electron chi connectivity index (χ3n) is 5.82. The molecular formula is C20H19F3N6O2. The number of rotatable bonds is 5. The van der Waals surface area contributed by atoms with Crippen LogP contribution in [0.3, 0.4) is 0 Å². The molecule has 1 saturated carbocycles. The Balaban J connectivity index is 1.34. The first kappa shape index (κ1) is 19.9. The van der Waals surface area contributed by atoms with E-state index in [1.807, 2.05) is 29.2 Å². The molecule has 0 radical (unpaired) electrons. The number of aromatic nitrogens is 5. The Morgan fingerprint density at radius 3 is 2.52 bits per heavy atom. The van der Waals surface area contributed by atoms with Crippen LogP contribution in [0, 0.1) is 5.92 Å². The molecule has 1 aliphatic heterocycles. The molecule has 4 unspecified atom stereocenters. The van der Waals surface area contributed by atoms with E-state index in [9.17, 15) is 18.3 Å². The highest BCUT2D eigenvalue weighted by atomic mass is 19.4. The van der Waals surface area contributed by atoms with Crippen LogP contribution in [0.15, 0.2) is 49.1 Å². The van der Waals surface area contributed by atoms with Crippen LogP contribution in [0.2, 0.25) is 0 Å². The summed E-state index contributed by atoms with van der Waals surface area (Å²) < 4.78 is 44.0. The number of hydrogen-bond acceptors (Lipinski definition) is 7. The van der Waals surface area contributed by atoms with Gasteiger partial charge >= 0.3 is 6.18 Å². The fraction of sp³-hybridized carbons (Fsp3) is 0.400. The highest BCUT2D eigenvalue weighted by Gasteiger charge is 2.49. The predicted molar refractivity (Wildman–Crippen MR) is 101 cm³/mol. The molecule has 3 aromatic rings. The molecule has 1 N–H and O–H groups in total. The predicted octanol–water partition coefficient (Wildman–Crippen LogP) is 2.61. The Hall–Kier alpha value is -3.05. The zero-order valence-corrected chi connectivity index (χ0v) is 16.2. The van der Waals surface area contributed by atoms with Crippen LogP contribution in [0.4, 0.5) is 13.2 Å². The average Bonchev–Trinajstić information content (AvgIpc) is 3.50. The van der Waals surface area contributed by atoms with E-state index < -0.39 is 18.1 Å². The molecular weight excluding hydrogens is 413 g/mol. The van der Waals surface area contributed by atoms with Gasteiger partial charge in [0.1, 0.15) is 12.3 Å². The van der Waals surface area contributed by atoms with Gasteiger partial charge in [0, 0.05) is 18.2 Å². The Kier molecular flexibility index (Phi) is 4.86. The maximum Gasteiger partial charge on any atom is 0.434 e. The lowest BCUT2D eigenvalue weighted by Gasteiger charge is -2.36. The zero-order valence-electron chi connectivity index (χ0n) is 16.2. The molecule has 2 fully saturated rings. The maximum absolute atomic E-state index is 12.7. The molecule has 2 bridgehead atoms. The molecule has 1 aromatic carbocycles. The summed E-state index contributed by atoms with van der Waals surface area (Å²) in [6, 6.07) is 7.25. The number of piperidine rings is 1. The minimum absolute atomic E-state index is 0.0427. The van der Waals surface area contributed by atoms with E-state index >= 15 is 0 Å². The topological polar surface area (TPSA) is 89.2 Å². The normalized spacial score (nSPS) is 24.5. The van der Waals surface area contributed by atoms with Crippen molar-refractivity contribution in [2.75, 3.05) is 6.54 Å². The molecule has 8 nitrogen and oxygen atoms in total. The Bertz CT molecular complexity index is 1040. The number of para-hydroxylation sites is 1. The van der Waals surface area contributed by atoms with Crippen LogP contribution < -0.4 is 4.74 Å². The monoisotopic (exact) mass is 432 g/mol. The zero-order chi connectivity index (χ0) is 21.6. The lowest BCUT2D eigenvalue weighted by Crippen LogP contribution is -2.46. The van der Waals surface area contributed by atoms with Crippen LogP contribution in [-0.4, -0.2) is 53.7 Å².